The molecule has 2 fully saturated rings. The first-order chi connectivity index (χ1) is 25.6. The van der Waals surface area contributed by atoms with E-state index in [9.17, 15) is 40.5 Å². The number of carbonyl (C=O) groups excluding carboxylic acids is 1. The van der Waals surface area contributed by atoms with Crippen molar-refractivity contribution in [3.8, 4) is 0 Å². The standard InChI is InChI=1S/C39H72O14/c1-3-5-7-9-11-12-13-14-15-16-17-19-21-23-48-25-28(51-31(41)22-20-18-10-8-6-4-2)26-49-38-37(47)35(45)33(43)30(53-38)27-50-39-36(46)34(44)32(42)29(24-40)52-39/h11-12,28-30,32-40,42-47H,3-10,13-27H2,1-2H3/b12-11-. The molecule has 0 radical (unpaired) electrons. The van der Waals surface area contributed by atoms with E-state index in [-0.39, 0.29) is 25.6 Å². The van der Waals surface area contributed by atoms with Crippen molar-refractivity contribution in [1.82, 2.24) is 0 Å². The number of esters is 1. The highest BCUT2D eigenvalue weighted by Gasteiger charge is 2.47. The number of rotatable bonds is 30. The second-order valence-corrected chi connectivity index (χ2v) is 14.5. The quantitative estimate of drug-likeness (QED) is 0.0318. The fraction of sp³-hybridized carbons (Fsp3) is 0.923. The van der Waals surface area contributed by atoms with Gasteiger partial charge in [-0.15, -0.1) is 0 Å². The van der Waals surface area contributed by atoms with E-state index in [1.807, 2.05) is 0 Å². The van der Waals surface area contributed by atoms with Crippen molar-refractivity contribution in [3.63, 3.8) is 0 Å². The van der Waals surface area contributed by atoms with E-state index in [1.165, 1.54) is 51.4 Å². The van der Waals surface area contributed by atoms with Crippen LogP contribution in [-0.4, -0.2) is 142 Å². The SMILES string of the molecule is CCCCC/C=C\CCCCCCCCOCC(COC1OC(COC2OC(CO)C(O)C(O)C2O)C(O)C(O)C1O)OC(=O)CCCCCCCC. The molecule has 2 rings (SSSR count). The molecule has 0 bridgehead atoms. The van der Waals surface area contributed by atoms with Crippen molar-refractivity contribution in [3.05, 3.63) is 12.2 Å². The molecule has 11 atom stereocenters. The summed E-state index contributed by atoms with van der Waals surface area (Å²) in [5.74, 6) is -0.389. The summed E-state index contributed by atoms with van der Waals surface area (Å²) < 4.78 is 33.9. The van der Waals surface area contributed by atoms with Crippen molar-refractivity contribution in [2.75, 3.05) is 33.0 Å². The lowest BCUT2D eigenvalue weighted by Crippen LogP contribution is -2.61. The highest BCUT2D eigenvalue weighted by molar-refractivity contribution is 5.69. The third-order valence-electron chi connectivity index (χ3n) is 9.77. The summed E-state index contributed by atoms with van der Waals surface area (Å²) >= 11 is 0. The topological polar surface area (TPSA) is 214 Å². The number of aliphatic hydroxyl groups excluding tert-OH is 7. The highest BCUT2D eigenvalue weighted by atomic mass is 16.7. The molecule has 0 saturated carbocycles. The van der Waals surface area contributed by atoms with Crippen molar-refractivity contribution in [2.45, 2.75) is 197 Å². The van der Waals surface area contributed by atoms with Crippen LogP contribution in [0.1, 0.15) is 129 Å². The average Bonchev–Trinajstić information content (AvgIpc) is 3.15. The van der Waals surface area contributed by atoms with Crippen LogP contribution in [0, 0.1) is 0 Å². The Kier molecular flexibility index (Phi) is 26.2. The summed E-state index contributed by atoms with van der Waals surface area (Å²) in [5, 5.41) is 71.5. The van der Waals surface area contributed by atoms with Crippen LogP contribution < -0.4 is 0 Å². The van der Waals surface area contributed by atoms with Gasteiger partial charge in [0.1, 0.15) is 54.9 Å². The smallest absolute Gasteiger partial charge is 0.306 e. The van der Waals surface area contributed by atoms with Crippen LogP contribution in [0.3, 0.4) is 0 Å². The van der Waals surface area contributed by atoms with Gasteiger partial charge in [0, 0.05) is 13.0 Å². The van der Waals surface area contributed by atoms with Crippen LogP contribution in [0.4, 0.5) is 0 Å². The Morgan fingerprint density at radius 2 is 1.11 bits per heavy atom. The Balaban J connectivity index is 1.83. The molecule has 11 unspecified atom stereocenters. The van der Waals surface area contributed by atoms with E-state index < -0.39 is 80.7 Å². The van der Waals surface area contributed by atoms with Crippen LogP contribution in [0.2, 0.25) is 0 Å². The van der Waals surface area contributed by atoms with E-state index >= 15 is 0 Å². The first kappa shape index (κ1) is 47.9. The number of aliphatic hydroxyl groups is 7. The molecule has 14 nitrogen and oxygen atoms in total. The molecular weight excluding hydrogens is 692 g/mol. The predicted molar refractivity (Wildman–Crippen MR) is 197 cm³/mol. The number of hydrogen-bond donors (Lipinski definition) is 7. The van der Waals surface area contributed by atoms with E-state index in [4.69, 9.17) is 28.4 Å². The zero-order valence-electron chi connectivity index (χ0n) is 32.3. The van der Waals surface area contributed by atoms with Gasteiger partial charge in [0.15, 0.2) is 12.6 Å². The minimum atomic E-state index is -1.70. The number of ether oxygens (including phenoxy) is 6. The summed E-state index contributed by atoms with van der Waals surface area (Å²) in [6.45, 7) is 3.55. The van der Waals surface area contributed by atoms with Gasteiger partial charge in [-0.25, -0.2) is 0 Å². The van der Waals surface area contributed by atoms with Crippen molar-refractivity contribution in [1.29, 1.82) is 0 Å². The molecule has 2 heterocycles. The van der Waals surface area contributed by atoms with Gasteiger partial charge in [-0.05, 0) is 38.5 Å². The Hall–Kier alpha value is -1.27. The number of hydrogen-bond acceptors (Lipinski definition) is 14. The molecule has 0 aromatic carbocycles. The van der Waals surface area contributed by atoms with Crippen LogP contribution in [0.25, 0.3) is 0 Å². The summed E-state index contributed by atoms with van der Waals surface area (Å²) in [7, 11) is 0. The van der Waals surface area contributed by atoms with Crippen molar-refractivity contribution < 1.29 is 69.0 Å². The average molecular weight is 765 g/mol. The minimum Gasteiger partial charge on any atom is -0.457 e. The maximum atomic E-state index is 12.7. The maximum Gasteiger partial charge on any atom is 0.306 e. The van der Waals surface area contributed by atoms with Crippen molar-refractivity contribution in [2.24, 2.45) is 0 Å². The van der Waals surface area contributed by atoms with Gasteiger partial charge < -0.3 is 64.2 Å². The molecule has 0 aromatic rings. The third-order valence-corrected chi connectivity index (χ3v) is 9.77. The first-order valence-electron chi connectivity index (χ1n) is 20.3. The fourth-order valence-corrected chi connectivity index (χ4v) is 6.34. The normalized spacial score (nSPS) is 29.8. The van der Waals surface area contributed by atoms with E-state index in [1.54, 1.807) is 0 Å². The molecule has 0 amide bonds. The van der Waals surface area contributed by atoms with E-state index in [0.29, 0.717) is 13.0 Å². The zero-order chi connectivity index (χ0) is 38.8. The van der Waals surface area contributed by atoms with Gasteiger partial charge in [0.2, 0.25) is 0 Å². The lowest BCUT2D eigenvalue weighted by Gasteiger charge is -2.42. The van der Waals surface area contributed by atoms with E-state index in [0.717, 1.165) is 51.4 Å². The molecule has 0 aliphatic carbocycles. The largest absolute Gasteiger partial charge is 0.457 e. The number of allylic oxidation sites excluding steroid dienone is 2. The highest BCUT2D eigenvalue weighted by Crippen LogP contribution is 2.26. The Morgan fingerprint density at radius 1 is 0.604 bits per heavy atom. The molecule has 0 spiro atoms. The third kappa shape index (κ3) is 19.0. The number of unbranched alkanes of at least 4 members (excludes halogenated alkanes) is 14. The predicted octanol–water partition coefficient (Wildman–Crippen LogP) is 3.17. The summed E-state index contributed by atoms with van der Waals surface area (Å²) in [4.78, 5) is 12.7. The molecule has 2 aliphatic heterocycles. The molecule has 0 aromatic heterocycles. The van der Waals surface area contributed by atoms with Gasteiger partial charge in [-0.2, -0.15) is 0 Å². The summed E-state index contributed by atoms with van der Waals surface area (Å²) in [5.41, 5.74) is 0. The minimum absolute atomic E-state index is 0.0600. The van der Waals surface area contributed by atoms with Crippen LogP contribution in [0.5, 0.6) is 0 Å². The van der Waals surface area contributed by atoms with Crippen molar-refractivity contribution >= 4 is 5.97 Å². The zero-order valence-corrected chi connectivity index (χ0v) is 32.3. The molecule has 14 heteroatoms. The summed E-state index contributed by atoms with van der Waals surface area (Å²) in [6, 6.07) is 0. The molecule has 2 saturated heterocycles. The Morgan fingerprint density at radius 3 is 1.75 bits per heavy atom. The summed E-state index contributed by atoms with van der Waals surface area (Å²) in [6.07, 6.45) is 7.55. The molecular formula is C39H72O14. The number of carbonyl (C=O) groups is 1. The molecule has 2 aliphatic rings. The van der Waals surface area contributed by atoms with Gasteiger partial charge in [0.05, 0.1) is 26.4 Å². The van der Waals surface area contributed by atoms with Crippen LogP contribution in [-0.2, 0) is 33.2 Å². The maximum absolute atomic E-state index is 12.7. The molecule has 53 heavy (non-hydrogen) atoms. The second kappa shape index (κ2) is 29.0. The Bertz CT molecular complexity index is 938. The molecule has 7 N–H and O–H groups in total. The lowest BCUT2D eigenvalue weighted by atomic mass is 9.98. The van der Waals surface area contributed by atoms with Gasteiger partial charge in [-0.3, -0.25) is 4.79 Å². The van der Waals surface area contributed by atoms with Gasteiger partial charge in [0.25, 0.3) is 0 Å². The molecule has 312 valence electrons. The lowest BCUT2D eigenvalue weighted by molar-refractivity contribution is -0.332. The van der Waals surface area contributed by atoms with Gasteiger partial charge in [-0.1, -0.05) is 96.6 Å². The monoisotopic (exact) mass is 764 g/mol. The van der Waals surface area contributed by atoms with E-state index in [2.05, 4.69) is 26.0 Å². The van der Waals surface area contributed by atoms with Crippen LogP contribution in [0.15, 0.2) is 12.2 Å². The fourth-order valence-electron chi connectivity index (χ4n) is 6.34. The second-order valence-electron chi connectivity index (χ2n) is 14.5. The Labute approximate surface area is 316 Å². The van der Waals surface area contributed by atoms with Gasteiger partial charge >= 0.3 is 5.97 Å². The first-order valence-corrected chi connectivity index (χ1v) is 20.3. The van der Waals surface area contributed by atoms with Crippen LogP contribution >= 0.6 is 0 Å².